The molecular formula is C20H18ClNO3. The van der Waals surface area contributed by atoms with Crippen LogP contribution in [-0.4, -0.2) is 12.1 Å². The van der Waals surface area contributed by atoms with Crippen molar-refractivity contribution in [3.05, 3.63) is 70.3 Å². The average Bonchev–Trinajstić information content (AvgIpc) is 2.59. The summed E-state index contributed by atoms with van der Waals surface area (Å²) >= 11 is 5.87. The zero-order chi connectivity index (χ0) is 18.2. The van der Waals surface area contributed by atoms with E-state index >= 15 is 0 Å². The van der Waals surface area contributed by atoms with Crippen LogP contribution in [-0.2, 0) is 16.1 Å². The van der Waals surface area contributed by atoms with E-state index in [1.54, 1.807) is 38.1 Å². The average molecular weight is 356 g/mol. The molecule has 0 aromatic heterocycles. The van der Waals surface area contributed by atoms with Gasteiger partial charge in [0.05, 0.1) is 6.10 Å². The Bertz CT molecular complexity index is 804. The number of nitrogens with zero attached hydrogens (tertiary/aromatic N) is 1. The van der Waals surface area contributed by atoms with Crippen LogP contribution in [0.4, 0.5) is 0 Å². The monoisotopic (exact) mass is 355 g/mol. The Hall–Kier alpha value is -2.77. The fraction of sp³-hybridized carbons (Fsp3) is 0.200. The second-order valence-corrected chi connectivity index (χ2v) is 6.01. The first-order valence-corrected chi connectivity index (χ1v) is 8.16. The van der Waals surface area contributed by atoms with Gasteiger partial charge in [-0.2, -0.15) is 5.26 Å². The Morgan fingerprint density at radius 1 is 1.20 bits per heavy atom. The second kappa shape index (κ2) is 8.91. The summed E-state index contributed by atoms with van der Waals surface area (Å²) in [6.07, 6.45) is 1.18. The van der Waals surface area contributed by atoms with Gasteiger partial charge in [-0.05, 0) is 43.7 Å². The Morgan fingerprint density at radius 2 is 1.88 bits per heavy atom. The molecule has 0 amide bonds. The molecule has 2 rings (SSSR count). The SMILES string of the molecule is CC(C)OC(=O)C(C#N)=Cc1ccccc1OCc1ccc(Cl)cc1. The highest BCUT2D eigenvalue weighted by molar-refractivity contribution is 6.30. The summed E-state index contributed by atoms with van der Waals surface area (Å²) in [7, 11) is 0. The van der Waals surface area contributed by atoms with E-state index in [0.29, 0.717) is 22.9 Å². The lowest BCUT2D eigenvalue weighted by Gasteiger charge is -2.10. The van der Waals surface area contributed by atoms with Crippen molar-refractivity contribution < 1.29 is 14.3 Å². The molecule has 0 bridgehead atoms. The Kier molecular flexibility index (Phi) is 6.62. The lowest BCUT2D eigenvalue weighted by molar-refractivity contribution is -0.142. The van der Waals surface area contributed by atoms with Crippen molar-refractivity contribution >= 4 is 23.6 Å². The van der Waals surface area contributed by atoms with E-state index in [4.69, 9.17) is 21.1 Å². The lowest BCUT2D eigenvalue weighted by Crippen LogP contribution is -2.12. The number of nitriles is 1. The quantitative estimate of drug-likeness (QED) is 0.425. The van der Waals surface area contributed by atoms with Crippen LogP contribution >= 0.6 is 11.6 Å². The van der Waals surface area contributed by atoms with Crippen molar-refractivity contribution in [2.45, 2.75) is 26.6 Å². The highest BCUT2D eigenvalue weighted by Gasteiger charge is 2.13. The molecule has 0 radical (unpaired) electrons. The molecule has 0 aliphatic carbocycles. The van der Waals surface area contributed by atoms with Gasteiger partial charge in [-0.15, -0.1) is 0 Å². The van der Waals surface area contributed by atoms with Crippen LogP contribution < -0.4 is 4.74 Å². The molecule has 2 aromatic carbocycles. The van der Waals surface area contributed by atoms with Crippen molar-refractivity contribution in [1.82, 2.24) is 0 Å². The second-order valence-electron chi connectivity index (χ2n) is 5.58. The molecule has 0 saturated heterocycles. The van der Waals surface area contributed by atoms with Gasteiger partial charge in [0.1, 0.15) is 24.0 Å². The summed E-state index contributed by atoms with van der Waals surface area (Å²) in [6, 6.07) is 16.4. The van der Waals surface area contributed by atoms with Crippen molar-refractivity contribution in [1.29, 1.82) is 5.26 Å². The van der Waals surface area contributed by atoms with E-state index in [0.717, 1.165) is 5.56 Å². The van der Waals surface area contributed by atoms with E-state index in [2.05, 4.69) is 0 Å². The Balaban J connectivity index is 2.19. The molecule has 0 heterocycles. The molecule has 0 fully saturated rings. The largest absolute Gasteiger partial charge is 0.488 e. The number of carbonyl (C=O) groups is 1. The van der Waals surface area contributed by atoms with Gasteiger partial charge in [-0.25, -0.2) is 4.79 Å². The molecule has 128 valence electrons. The predicted octanol–water partition coefficient (Wildman–Crippen LogP) is 4.78. The summed E-state index contributed by atoms with van der Waals surface area (Å²) in [5.41, 5.74) is 1.52. The highest BCUT2D eigenvalue weighted by Crippen LogP contribution is 2.23. The molecule has 25 heavy (non-hydrogen) atoms. The van der Waals surface area contributed by atoms with E-state index < -0.39 is 5.97 Å². The third kappa shape index (κ3) is 5.66. The number of para-hydroxylation sites is 1. The van der Waals surface area contributed by atoms with Gasteiger partial charge in [0.15, 0.2) is 0 Å². The number of hydrogen-bond donors (Lipinski definition) is 0. The van der Waals surface area contributed by atoms with Crippen LogP contribution in [0.2, 0.25) is 5.02 Å². The van der Waals surface area contributed by atoms with Gasteiger partial charge in [0, 0.05) is 10.6 Å². The Morgan fingerprint density at radius 3 is 2.52 bits per heavy atom. The van der Waals surface area contributed by atoms with Crippen molar-refractivity contribution in [2.24, 2.45) is 0 Å². The fourth-order valence-electron chi connectivity index (χ4n) is 2.04. The summed E-state index contributed by atoms with van der Waals surface area (Å²) in [5, 5.41) is 9.88. The van der Waals surface area contributed by atoms with Crippen molar-refractivity contribution in [3.63, 3.8) is 0 Å². The van der Waals surface area contributed by atoms with Crippen LogP contribution in [0, 0.1) is 11.3 Å². The minimum absolute atomic E-state index is 0.0729. The standard InChI is InChI=1S/C20H18ClNO3/c1-14(2)25-20(23)17(12-22)11-16-5-3-4-6-19(16)24-13-15-7-9-18(21)10-8-15/h3-11,14H,13H2,1-2H3. The van der Waals surface area contributed by atoms with Crippen LogP contribution in [0.5, 0.6) is 5.75 Å². The van der Waals surface area contributed by atoms with Crippen LogP contribution in [0.1, 0.15) is 25.0 Å². The van der Waals surface area contributed by atoms with Crippen LogP contribution in [0.3, 0.4) is 0 Å². The van der Waals surface area contributed by atoms with Crippen molar-refractivity contribution in [2.75, 3.05) is 0 Å². The number of benzene rings is 2. The summed E-state index contributed by atoms with van der Waals surface area (Å²) < 4.78 is 10.9. The maximum absolute atomic E-state index is 11.9. The number of halogens is 1. The Labute approximate surface area is 152 Å². The summed E-state index contributed by atoms with van der Waals surface area (Å²) in [5.74, 6) is -0.0763. The molecular weight excluding hydrogens is 338 g/mol. The van der Waals surface area contributed by atoms with E-state index in [-0.39, 0.29) is 11.7 Å². The van der Waals surface area contributed by atoms with Gasteiger partial charge in [0.2, 0.25) is 0 Å². The van der Waals surface area contributed by atoms with Crippen LogP contribution in [0.25, 0.3) is 6.08 Å². The highest BCUT2D eigenvalue weighted by atomic mass is 35.5. The van der Waals surface area contributed by atoms with Gasteiger partial charge in [-0.1, -0.05) is 41.9 Å². The van der Waals surface area contributed by atoms with E-state index in [9.17, 15) is 10.1 Å². The molecule has 0 aliphatic rings. The van der Waals surface area contributed by atoms with Gasteiger partial charge in [0.25, 0.3) is 0 Å². The number of ether oxygens (including phenoxy) is 2. The first-order chi connectivity index (χ1) is 12.0. The zero-order valence-electron chi connectivity index (χ0n) is 14.0. The molecule has 0 aliphatic heterocycles. The molecule has 0 saturated carbocycles. The molecule has 0 unspecified atom stereocenters. The number of carbonyl (C=O) groups excluding carboxylic acids is 1. The minimum Gasteiger partial charge on any atom is -0.488 e. The minimum atomic E-state index is -0.648. The van der Waals surface area contributed by atoms with Crippen LogP contribution in [0.15, 0.2) is 54.1 Å². The smallest absolute Gasteiger partial charge is 0.349 e. The van der Waals surface area contributed by atoms with E-state index in [1.807, 2.05) is 30.3 Å². The third-order valence-electron chi connectivity index (χ3n) is 3.21. The molecule has 0 atom stereocenters. The first-order valence-electron chi connectivity index (χ1n) is 7.78. The van der Waals surface area contributed by atoms with Gasteiger partial charge in [-0.3, -0.25) is 0 Å². The van der Waals surface area contributed by atoms with Crippen molar-refractivity contribution in [3.8, 4) is 11.8 Å². The zero-order valence-corrected chi connectivity index (χ0v) is 14.8. The predicted molar refractivity (Wildman–Crippen MR) is 97.0 cm³/mol. The first kappa shape index (κ1) is 18.6. The maximum Gasteiger partial charge on any atom is 0.349 e. The van der Waals surface area contributed by atoms with Gasteiger partial charge < -0.3 is 9.47 Å². The topological polar surface area (TPSA) is 59.3 Å². The number of hydrogen-bond acceptors (Lipinski definition) is 4. The third-order valence-corrected chi connectivity index (χ3v) is 3.46. The maximum atomic E-state index is 11.9. The fourth-order valence-corrected chi connectivity index (χ4v) is 2.17. The van der Waals surface area contributed by atoms with E-state index in [1.165, 1.54) is 6.08 Å². The molecule has 2 aromatic rings. The van der Waals surface area contributed by atoms with Gasteiger partial charge >= 0.3 is 5.97 Å². The molecule has 0 spiro atoms. The number of esters is 1. The summed E-state index contributed by atoms with van der Waals surface area (Å²) in [6.45, 7) is 3.81. The normalized spacial score (nSPS) is 11.1. The number of rotatable bonds is 6. The summed E-state index contributed by atoms with van der Waals surface area (Å²) in [4.78, 5) is 11.9. The lowest BCUT2D eigenvalue weighted by atomic mass is 10.1. The molecule has 4 nitrogen and oxygen atoms in total. The molecule has 5 heteroatoms. The molecule has 0 N–H and O–H groups in total.